The number of carbonyl (C=O) groups excluding carboxylic acids is 3. The third kappa shape index (κ3) is 18.4. The number of benzene rings is 6. The first kappa shape index (κ1) is 77.1. The van der Waals surface area contributed by atoms with Crippen LogP contribution in [0.3, 0.4) is 0 Å². The summed E-state index contributed by atoms with van der Waals surface area (Å²) in [5, 5.41) is 23.6. The van der Waals surface area contributed by atoms with E-state index in [0.717, 1.165) is 19.5 Å². The van der Waals surface area contributed by atoms with Crippen LogP contribution >= 0.6 is 133 Å². The summed E-state index contributed by atoms with van der Waals surface area (Å²) in [7, 11) is 3.75. The fourth-order valence-electron chi connectivity index (χ4n) is 10.5. The van der Waals surface area contributed by atoms with E-state index in [9.17, 15) is 23.9 Å². The number of phenols is 1. The van der Waals surface area contributed by atoms with Crippen molar-refractivity contribution < 1.29 is 61.3 Å². The Labute approximate surface area is 631 Å². The molecule has 3 fully saturated rings. The van der Waals surface area contributed by atoms with Gasteiger partial charge in [0, 0.05) is 132 Å². The molecule has 6 aromatic carbocycles. The van der Waals surface area contributed by atoms with Gasteiger partial charge in [-0.15, -0.1) is 0 Å². The van der Waals surface area contributed by atoms with E-state index in [2.05, 4.69) is 98.1 Å². The summed E-state index contributed by atoms with van der Waals surface area (Å²) in [5.74, 6) is 0.275. The number of aromatic nitrogens is 3. The van der Waals surface area contributed by atoms with E-state index in [-0.39, 0.29) is 55.5 Å². The standard InChI is InChI=1S/C23H24BrClFN3O3S.C20H16BrClFN3O2S.C16H18BrClFN3O2S.C7H7BBrO3/c1-23(2,3)32-22(30)29-9-7-28(8-10-29)21-15-12-17(25)18(19(26)20(15)27-33-21)14-11-13(31-4)5-6-16(14)24;1-2-16(28)25-5-7-26(8-6-25)20-13-10-15(22)17(18(23)19(13)24-29-20)12-9-11(27)3-4-14(12)21;1-16(2,3)24-15(23)22-6-4-21(5-7-22)14-9-8-10(18)11(17)12(19)13(9)20-25-14;1-11-5-2-3-6(9)7(4-5)12-8-10/h5-6,11-12H,7-10H2,1-4H3;2-4,9-10,27H,1,5-8H2;8H,4-7H2,1-3H3;2-4,10H,1H3. The Balaban J connectivity index is 0.000000161. The number of methoxy groups -OCH3 is 2. The Morgan fingerprint density at radius 3 is 1.32 bits per heavy atom. The molecule has 6 heterocycles. The molecule has 3 aromatic heterocycles. The lowest BCUT2D eigenvalue weighted by molar-refractivity contribution is -0.126. The van der Waals surface area contributed by atoms with Crippen LogP contribution in [0.4, 0.5) is 37.8 Å². The first-order chi connectivity index (χ1) is 46.9. The lowest BCUT2D eigenvalue weighted by atomic mass is 10.0. The topological polar surface area (TPSA) is 196 Å². The average Bonchev–Trinajstić information content (AvgIpc) is 1.70. The molecule has 99 heavy (non-hydrogen) atoms. The number of hydrogen-bond donors (Lipinski definition) is 2. The van der Waals surface area contributed by atoms with Gasteiger partial charge in [-0.2, -0.15) is 13.1 Å². The molecule has 12 rings (SSSR count). The zero-order valence-corrected chi connectivity index (χ0v) is 65.5. The van der Waals surface area contributed by atoms with Gasteiger partial charge >= 0.3 is 19.9 Å². The van der Waals surface area contributed by atoms with Gasteiger partial charge in [-0.05, 0) is 181 Å². The van der Waals surface area contributed by atoms with E-state index in [4.69, 9.17) is 63.4 Å². The number of phenolic OH excluding ortho intramolecular Hbond substituents is 1. The van der Waals surface area contributed by atoms with Crippen LogP contribution in [-0.4, -0.2) is 168 Å². The molecule has 525 valence electrons. The molecule has 0 spiro atoms. The van der Waals surface area contributed by atoms with Crippen molar-refractivity contribution >= 4 is 207 Å². The molecule has 0 unspecified atom stereocenters. The van der Waals surface area contributed by atoms with Crippen LogP contribution in [0, 0.1) is 17.5 Å². The minimum Gasteiger partial charge on any atom is -0.537 e. The average molecular weight is 1730 g/mol. The van der Waals surface area contributed by atoms with Gasteiger partial charge < -0.3 is 63.1 Å². The first-order valence-electron chi connectivity index (χ1n) is 30.3. The molecule has 3 amide bonds. The third-order valence-corrected chi connectivity index (χ3v) is 22.1. The van der Waals surface area contributed by atoms with Crippen LogP contribution < -0.4 is 28.8 Å². The van der Waals surface area contributed by atoms with E-state index in [1.165, 1.54) is 52.8 Å². The Bertz CT molecular complexity index is 4470. The lowest BCUT2D eigenvalue weighted by Crippen LogP contribution is -2.50. The first-order valence-corrected chi connectivity index (χ1v) is 37.0. The van der Waals surface area contributed by atoms with Crippen molar-refractivity contribution in [2.75, 3.05) is 107 Å². The number of anilines is 3. The summed E-state index contributed by atoms with van der Waals surface area (Å²) < 4.78 is 86.5. The van der Waals surface area contributed by atoms with Crippen LogP contribution in [0.25, 0.3) is 55.0 Å². The van der Waals surface area contributed by atoms with Crippen molar-refractivity contribution in [2.45, 2.75) is 52.7 Å². The Morgan fingerprint density at radius 2 is 0.919 bits per heavy atom. The molecule has 3 aliphatic heterocycles. The van der Waals surface area contributed by atoms with Crippen molar-refractivity contribution in [3.8, 4) is 45.3 Å². The van der Waals surface area contributed by atoms with E-state index < -0.39 is 28.7 Å². The number of aromatic hydroxyl groups is 1. The number of rotatable bonds is 10. The van der Waals surface area contributed by atoms with Crippen molar-refractivity contribution in [2.24, 2.45) is 0 Å². The van der Waals surface area contributed by atoms with E-state index in [1.807, 2.05) is 41.5 Å². The van der Waals surface area contributed by atoms with Crippen LogP contribution in [0.15, 0.2) is 103 Å². The van der Waals surface area contributed by atoms with Crippen LogP contribution in [0.2, 0.25) is 15.1 Å². The molecule has 3 saturated heterocycles. The van der Waals surface area contributed by atoms with E-state index >= 15 is 8.78 Å². The number of ether oxygens (including phenoxy) is 4. The molecule has 0 aliphatic carbocycles. The number of piperazine rings is 3. The van der Waals surface area contributed by atoms with Crippen molar-refractivity contribution in [1.82, 2.24) is 27.8 Å². The van der Waals surface area contributed by atoms with Gasteiger partial charge in [0.15, 0.2) is 17.5 Å². The minimum atomic E-state index is -0.536. The predicted molar refractivity (Wildman–Crippen MR) is 404 cm³/mol. The molecule has 0 atom stereocenters. The highest BCUT2D eigenvalue weighted by Crippen LogP contribution is 2.47. The lowest BCUT2D eigenvalue weighted by Gasteiger charge is -2.36. The fourth-order valence-corrected chi connectivity index (χ4v) is 15.6. The van der Waals surface area contributed by atoms with Crippen molar-refractivity contribution in [1.29, 1.82) is 0 Å². The van der Waals surface area contributed by atoms with Crippen LogP contribution in [0.1, 0.15) is 41.5 Å². The molecule has 0 bridgehead atoms. The zero-order valence-electron chi connectivity index (χ0n) is 54.5. The maximum absolute atomic E-state index is 15.6. The summed E-state index contributed by atoms with van der Waals surface area (Å²) >= 11 is 36.1. The quantitative estimate of drug-likeness (QED) is 0.0744. The SMILES string of the molecule is C=CC(=O)N1CCN(c2snc3c(F)c(-c4cc(O)ccc4Br)c(Cl)cc23)CC1.CC(C)(C)OC(=O)N1CCN(c2snc3c(F)c(Br)c(Cl)cc23)CC1.COc1ccc(Br)c(-c2c(Cl)cc3c(N4CCN(C(=O)OC(C)(C)C)CC4)snc3c2F)c1.COc1ccc(Br)c(O[B]O)c1. The van der Waals surface area contributed by atoms with Gasteiger partial charge in [-0.1, -0.05) is 73.2 Å². The van der Waals surface area contributed by atoms with Gasteiger partial charge in [0.05, 0.1) is 38.2 Å². The van der Waals surface area contributed by atoms with Gasteiger partial charge in [0.2, 0.25) is 5.91 Å². The Kier molecular flexibility index (Phi) is 26.0. The van der Waals surface area contributed by atoms with Crippen molar-refractivity contribution in [3.05, 3.63) is 136 Å². The monoisotopic (exact) mass is 1730 g/mol. The van der Waals surface area contributed by atoms with Gasteiger partial charge in [-0.25, -0.2) is 22.8 Å². The second-order valence-electron chi connectivity index (χ2n) is 24.2. The normalized spacial score (nSPS) is 14.2. The number of amides is 3. The minimum absolute atomic E-state index is 0.0182. The highest BCUT2D eigenvalue weighted by molar-refractivity contribution is 9.11. The highest BCUT2D eigenvalue weighted by Gasteiger charge is 2.32. The molecule has 9 aromatic rings. The fraction of sp³-hybridized carbons (Fsp3) is 0.333. The molecule has 2 N–H and O–H groups in total. The predicted octanol–water partition coefficient (Wildman–Crippen LogP) is 17.9. The van der Waals surface area contributed by atoms with E-state index in [0.29, 0.717) is 155 Å². The van der Waals surface area contributed by atoms with Crippen molar-refractivity contribution in [3.63, 3.8) is 0 Å². The summed E-state index contributed by atoms with van der Waals surface area (Å²) in [5.41, 5.74) is 1.31. The molecular weight excluding hydrogens is 1670 g/mol. The van der Waals surface area contributed by atoms with Gasteiger partial charge in [0.25, 0.3) is 0 Å². The number of fused-ring (bicyclic) bond motifs is 3. The maximum Gasteiger partial charge on any atom is 0.569 e. The van der Waals surface area contributed by atoms with Crippen LogP contribution in [-0.2, 0) is 14.3 Å². The molecule has 3 aliphatic rings. The number of hydrogen-bond acceptors (Lipinski definition) is 19. The maximum atomic E-state index is 15.6. The summed E-state index contributed by atoms with van der Waals surface area (Å²) in [6.07, 6.45) is 0.687. The smallest absolute Gasteiger partial charge is 0.537 e. The number of halogens is 10. The number of nitrogens with zero attached hydrogens (tertiary/aromatic N) is 9. The molecule has 19 nitrogen and oxygen atoms in total. The summed E-state index contributed by atoms with van der Waals surface area (Å²) in [4.78, 5) is 47.7. The molecular formula is C66H65BBr4Cl3F3N9O10S3. The Morgan fingerprint density at radius 1 is 0.545 bits per heavy atom. The molecule has 0 saturated carbocycles. The number of carbonyl (C=O) groups is 3. The summed E-state index contributed by atoms with van der Waals surface area (Å²) in [6.45, 7) is 21.5. The largest absolute Gasteiger partial charge is 0.569 e. The summed E-state index contributed by atoms with van der Waals surface area (Å²) in [6, 6.07) is 20.4. The Hall–Kier alpha value is -6.06. The van der Waals surface area contributed by atoms with Gasteiger partial charge in [0.1, 0.15) is 65.8 Å². The van der Waals surface area contributed by atoms with Crippen LogP contribution in [0.5, 0.6) is 23.0 Å². The second-order valence-corrected chi connectivity index (χ2v) is 31.0. The highest BCUT2D eigenvalue weighted by atomic mass is 79.9. The van der Waals surface area contributed by atoms with E-state index in [1.54, 1.807) is 89.6 Å². The molecule has 1 radical (unpaired) electrons. The second kappa shape index (κ2) is 33.4. The van der Waals surface area contributed by atoms with Gasteiger partial charge in [-0.3, -0.25) is 4.79 Å². The molecule has 33 heteroatoms. The third-order valence-electron chi connectivity index (χ3n) is 15.4. The zero-order chi connectivity index (χ0) is 71.9.